The van der Waals surface area contributed by atoms with Gasteiger partial charge in [0.1, 0.15) is 0 Å². The predicted molar refractivity (Wildman–Crippen MR) is 64.9 cm³/mol. The van der Waals surface area contributed by atoms with Crippen molar-refractivity contribution in [2.45, 2.75) is 24.8 Å². The first kappa shape index (κ1) is 17.6. The van der Waals surface area contributed by atoms with Crippen molar-refractivity contribution in [3.63, 3.8) is 0 Å². The molecule has 0 radical (unpaired) electrons. The van der Waals surface area contributed by atoms with Crippen molar-refractivity contribution in [1.82, 2.24) is 0 Å². The highest BCUT2D eigenvalue weighted by molar-refractivity contribution is 9.10. The van der Waals surface area contributed by atoms with E-state index >= 15 is 0 Å². The first-order chi connectivity index (χ1) is 9.29. The Bertz CT molecular complexity index is 557. The van der Waals surface area contributed by atoms with E-state index in [0.717, 1.165) is 12.1 Å². The molecule has 1 aromatic carbocycles. The molecule has 0 aliphatic heterocycles. The molecule has 0 aliphatic rings. The average Bonchev–Trinajstić information content (AvgIpc) is 2.28. The van der Waals surface area contributed by atoms with Gasteiger partial charge in [-0.15, -0.1) is 0 Å². The molecule has 0 saturated carbocycles. The SMILES string of the molecule is CC(Nc1ccc(Br)cc1C(F)(F)F)(C(=O)O)C(F)(F)F. The van der Waals surface area contributed by atoms with Gasteiger partial charge in [0.2, 0.25) is 5.54 Å². The largest absolute Gasteiger partial charge is 0.479 e. The Morgan fingerprint density at radius 3 is 2.10 bits per heavy atom. The molecule has 1 aromatic rings. The average molecular weight is 380 g/mol. The number of carboxylic acid groups (broad SMARTS) is 1. The number of halogens is 7. The van der Waals surface area contributed by atoms with Gasteiger partial charge < -0.3 is 10.4 Å². The maximum Gasteiger partial charge on any atom is 0.422 e. The molecule has 3 nitrogen and oxygen atoms in total. The fraction of sp³-hybridized carbons (Fsp3) is 0.364. The molecule has 21 heavy (non-hydrogen) atoms. The van der Waals surface area contributed by atoms with E-state index in [2.05, 4.69) is 15.9 Å². The third kappa shape index (κ3) is 3.60. The molecule has 0 aliphatic carbocycles. The number of hydrogen-bond donors (Lipinski definition) is 2. The number of aliphatic carboxylic acids is 1. The fourth-order valence-electron chi connectivity index (χ4n) is 1.37. The van der Waals surface area contributed by atoms with Crippen LogP contribution in [0, 0.1) is 0 Å². The second kappa shape index (κ2) is 5.39. The highest BCUT2D eigenvalue weighted by Crippen LogP contribution is 2.40. The number of alkyl halides is 6. The minimum absolute atomic E-state index is 0.00980. The molecule has 0 bridgehead atoms. The van der Waals surface area contributed by atoms with Crippen LogP contribution in [0.15, 0.2) is 22.7 Å². The van der Waals surface area contributed by atoms with E-state index in [1.54, 1.807) is 0 Å². The molecule has 0 heterocycles. The Morgan fingerprint density at radius 2 is 1.71 bits per heavy atom. The van der Waals surface area contributed by atoms with E-state index in [9.17, 15) is 31.1 Å². The molecule has 0 spiro atoms. The van der Waals surface area contributed by atoms with Gasteiger partial charge in [-0.3, -0.25) is 0 Å². The van der Waals surface area contributed by atoms with E-state index in [1.807, 2.05) is 0 Å². The van der Waals surface area contributed by atoms with Crippen molar-refractivity contribution in [3.05, 3.63) is 28.2 Å². The summed E-state index contributed by atoms with van der Waals surface area (Å²) in [5.74, 6) is -2.34. The van der Waals surface area contributed by atoms with E-state index in [1.165, 1.54) is 5.32 Å². The molecule has 1 atom stereocenters. The first-order valence-electron chi connectivity index (χ1n) is 5.24. The van der Waals surface area contributed by atoms with Gasteiger partial charge in [0.05, 0.1) is 5.56 Å². The first-order valence-corrected chi connectivity index (χ1v) is 6.03. The molecule has 0 saturated heterocycles. The van der Waals surface area contributed by atoms with Crippen LogP contribution >= 0.6 is 15.9 Å². The van der Waals surface area contributed by atoms with Crippen LogP contribution in [-0.4, -0.2) is 22.8 Å². The summed E-state index contributed by atoms with van der Waals surface area (Å²) in [5, 5.41) is 10.1. The van der Waals surface area contributed by atoms with Crippen molar-refractivity contribution in [1.29, 1.82) is 0 Å². The van der Waals surface area contributed by atoms with Crippen LogP contribution in [0.2, 0.25) is 0 Å². The van der Waals surface area contributed by atoms with Gasteiger partial charge in [-0.1, -0.05) is 15.9 Å². The quantitative estimate of drug-likeness (QED) is 0.770. The number of nitrogens with one attached hydrogen (secondary N) is 1. The molecule has 0 fully saturated rings. The van der Waals surface area contributed by atoms with Gasteiger partial charge in [0.25, 0.3) is 0 Å². The standard InChI is InChI=1S/C11H8BrF6NO2/c1-9(8(20)21,11(16,17)18)19-7-3-2-5(12)4-6(7)10(13,14)15/h2-4,19H,1H3,(H,20,21). The smallest absolute Gasteiger partial charge is 0.422 e. The molecule has 118 valence electrons. The number of hydrogen-bond acceptors (Lipinski definition) is 2. The van der Waals surface area contributed by atoms with E-state index in [0.29, 0.717) is 6.07 Å². The Kier molecular flexibility index (Phi) is 4.52. The summed E-state index contributed by atoms with van der Waals surface area (Å²) in [5.41, 5.74) is -5.94. The Morgan fingerprint density at radius 1 is 1.19 bits per heavy atom. The van der Waals surface area contributed by atoms with Crippen molar-refractivity contribution < 1.29 is 36.2 Å². The number of carbonyl (C=O) groups is 1. The van der Waals surface area contributed by atoms with E-state index in [-0.39, 0.29) is 11.4 Å². The highest BCUT2D eigenvalue weighted by Gasteiger charge is 2.58. The van der Waals surface area contributed by atoms with Crippen LogP contribution in [0.5, 0.6) is 0 Å². The zero-order chi connectivity index (χ0) is 16.6. The van der Waals surface area contributed by atoms with Crippen LogP contribution in [0.1, 0.15) is 12.5 Å². The van der Waals surface area contributed by atoms with Crippen molar-refractivity contribution in [3.8, 4) is 0 Å². The number of benzene rings is 1. The molecular weight excluding hydrogens is 372 g/mol. The highest BCUT2D eigenvalue weighted by atomic mass is 79.9. The van der Waals surface area contributed by atoms with Crippen LogP contribution < -0.4 is 5.32 Å². The normalized spacial score (nSPS) is 15.4. The number of anilines is 1. The fourth-order valence-corrected chi connectivity index (χ4v) is 1.74. The summed E-state index contributed by atoms with van der Waals surface area (Å²) in [4.78, 5) is 10.8. The third-order valence-electron chi connectivity index (χ3n) is 2.67. The molecule has 0 aromatic heterocycles. The Balaban J connectivity index is 3.39. The van der Waals surface area contributed by atoms with Crippen LogP contribution in [-0.2, 0) is 11.0 Å². The van der Waals surface area contributed by atoms with Crippen molar-refractivity contribution in [2.75, 3.05) is 5.32 Å². The summed E-state index contributed by atoms with van der Waals surface area (Å²) < 4.78 is 76.9. The lowest BCUT2D eigenvalue weighted by atomic mass is 10.0. The molecule has 0 amide bonds. The molecular formula is C11H8BrF6NO2. The van der Waals surface area contributed by atoms with Crippen LogP contribution in [0.4, 0.5) is 32.0 Å². The second-order valence-corrected chi connectivity index (χ2v) is 5.16. The van der Waals surface area contributed by atoms with E-state index < -0.39 is 35.1 Å². The monoisotopic (exact) mass is 379 g/mol. The summed E-state index contributed by atoms with van der Waals surface area (Å²) in [6, 6.07) is 2.34. The summed E-state index contributed by atoms with van der Waals surface area (Å²) in [6.45, 7) is 0.248. The molecule has 1 unspecified atom stereocenters. The summed E-state index contributed by atoms with van der Waals surface area (Å²) >= 11 is 2.77. The second-order valence-electron chi connectivity index (χ2n) is 4.24. The maximum absolute atomic E-state index is 12.8. The molecule has 1 rings (SSSR count). The van der Waals surface area contributed by atoms with Gasteiger partial charge in [0.15, 0.2) is 0 Å². The van der Waals surface area contributed by atoms with Gasteiger partial charge in [0, 0.05) is 10.2 Å². The van der Waals surface area contributed by atoms with Crippen LogP contribution in [0.25, 0.3) is 0 Å². The Labute approximate surface area is 123 Å². The summed E-state index contributed by atoms with van der Waals surface area (Å²) in [6.07, 6.45) is -10.2. The van der Waals surface area contributed by atoms with Crippen molar-refractivity contribution >= 4 is 27.6 Å². The molecule has 10 heteroatoms. The van der Waals surface area contributed by atoms with E-state index in [4.69, 9.17) is 5.11 Å². The van der Waals surface area contributed by atoms with Gasteiger partial charge >= 0.3 is 18.3 Å². The third-order valence-corrected chi connectivity index (χ3v) is 3.16. The number of carboxylic acids is 1. The van der Waals surface area contributed by atoms with Gasteiger partial charge in [-0.05, 0) is 25.1 Å². The topological polar surface area (TPSA) is 49.3 Å². The van der Waals surface area contributed by atoms with Gasteiger partial charge in [-0.25, -0.2) is 4.79 Å². The predicted octanol–water partition coefficient (Wildman–Crippen LogP) is 4.29. The lowest BCUT2D eigenvalue weighted by molar-refractivity contribution is -0.193. The lowest BCUT2D eigenvalue weighted by Crippen LogP contribution is -2.55. The Hall–Kier alpha value is -1.45. The maximum atomic E-state index is 12.8. The minimum Gasteiger partial charge on any atom is -0.479 e. The summed E-state index contributed by atoms with van der Waals surface area (Å²) in [7, 11) is 0. The number of rotatable bonds is 3. The zero-order valence-electron chi connectivity index (χ0n) is 10.2. The molecule has 2 N–H and O–H groups in total. The minimum atomic E-state index is -5.30. The van der Waals surface area contributed by atoms with Gasteiger partial charge in [-0.2, -0.15) is 26.3 Å². The zero-order valence-corrected chi connectivity index (χ0v) is 11.8. The van der Waals surface area contributed by atoms with Crippen LogP contribution in [0.3, 0.4) is 0 Å². The lowest BCUT2D eigenvalue weighted by Gasteiger charge is -2.30. The van der Waals surface area contributed by atoms with Crippen molar-refractivity contribution in [2.24, 2.45) is 0 Å².